The molecule has 2 fully saturated rings. The normalized spacial score (nSPS) is 21.3. The van der Waals surface area contributed by atoms with Crippen molar-refractivity contribution in [3.8, 4) is 11.4 Å². The van der Waals surface area contributed by atoms with Gasteiger partial charge in [0.05, 0.1) is 28.4 Å². The van der Waals surface area contributed by atoms with Crippen LogP contribution >= 0.6 is 0 Å². The highest BCUT2D eigenvalue weighted by atomic mass is 32.2. The van der Waals surface area contributed by atoms with E-state index in [0.717, 1.165) is 0 Å². The first-order chi connectivity index (χ1) is 19.5. The monoisotopic (exact) mass is 583 g/mol. The van der Waals surface area contributed by atoms with Crippen molar-refractivity contribution < 1.29 is 32.2 Å². The number of halogens is 1. The van der Waals surface area contributed by atoms with Crippen LogP contribution in [0.1, 0.15) is 61.6 Å². The molecule has 1 aromatic heterocycles. The summed E-state index contributed by atoms with van der Waals surface area (Å²) in [7, 11) is -3.61. The second-order valence-corrected chi connectivity index (χ2v) is 13.2. The smallest absolute Gasteiger partial charge is 0.308 e. The number of imidazole rings is 1. The van der Waals surface area contributed by atoms with Gasteiger partial charge in [0.1, 0.15) is 17.7 Å². The number of aliphatic hydroxyl groups is 1. The largest absolute Gasteiger partial charge is 0.462 e. The molecular formula is C30H34FN3O6S. The number of sulfone groups is 1. The second-order valence-electron chi connectivity index (χ2n) is 11.0. The third kappa shape index (κ3) is 6.06. The van der Waals surface area contributed by atoms with Crippen LogP contribution in [-0.2, 0) is 25.9 Å². The first kappa shape index (κ1) is 28.9. The minimum atomic E-state index is -3.61. The Kier molecular flexibility index (Phi) is 8.28. The molecular weight excluding hydrogens is 549 g/mol. The molecule has 3 atom stereocenters. The van der Waals surface area contributed by atoms with E-state index in [-0.39, 0.29) is 41.9 Å². The van der Waals surface area contributed by atoms with Gasteiger partial charge in [-0.3, -0.25) is 9.59 Å². The minimum absolute atomic E-state index is 0.0326. The lowest BCUT2D eigenvalue weighted by Crippen LogP contribution is -2.33. The van der Waals surface area contributed by atoms with Gasteiger partial charge in [-0.15, -0.1) is 0 Å². The Morgan fingerprint density at radius 1 is 1.15 bits per heavy atom. The lowest BCUT2D eigenvalue weighted by Gasteiger charge is -2.26. The summed E-state index contributed by atoms with van der Waals surface area (Å²) in [5, 5.41) is 9.33. The van der Waals surface area contributed by atoms with Gasteiger partial charge in [0, 0.05) is 38.0 Å². The predicted octanol–water partition coefficient (Wildman–Crippen LogP) is 3.96. The van der Waals surface area contributed by atoms with E-state index in [1.807, 2.05) is 18.4 Å². The molecule has 3 aromatic rings. The van der Waals surface area contributed by atoms with Crippen molar-refractivity contribution in [3.05, 3.63) is 71.8 Å². The highest BCUT2D eigenvalue weighted by Crippen LogP contribution is 2.32. The number of carbonyl (C=O) groups is 2. The van der Waals surface area contributed by atoms with Crippen molar-refractivity contribution in [3.63, 3.8) is 0 Å². The Balaban J connectivity index is 1.46. The molecule has 0 spiro atoms. The Hall–Kier alpha value is -3.57. The number of ether oxygens (including phenoxy) is 1. The molecule has 0 bridgehead atoms. The SMILES string of the molecule is CC(C)c1c(C(=O)N2CCC(S(=O)(=O)c3ccccc3)C2)nc(-c2ccc(F)cc2)n1CC[C@@H]1C[C@@H](O)CC(=O)O1. The number of hydrogen-bond donors (Lipinski definition) is 1. The fourth-order valence-corrected chi connectivity index (χ4v) is 7.40. The summed E-state index contributed by atoms with van der Waals surface area (Å²) >= 11 is 0. The van der Waals surface area contributed by atoms with E-state index in [2.05, 4.69) is 0 Å². The van der Waals surface area contributed by atoms with Crippen LogP contribution in [-0.4, -0.2) is 70.4 Å². The van der Waals surface area contributed by atoms with Gasteiger partial charge in [0.25, 0.3) is 5.91 Å². The zero-order chi connectivity index (χ0) is 29.3. The molecule has 1 unspecified atom stereocenters. The number of benzene rings is 2. The zero-order valence-corrected chi connectivity index (χ0v) is 23.9. The van der Waals surface area contributed by atoms with E-state index >= 15 is 0 Å². The number of nitrogens with zero attached hydrogens (tertiary/aromatic N) is 3. The van der Waals surface area contributed by atoms with Crippen LogP contribution in [0.2, 0.25) is 0 Å². The number of likely N-dealkylation sites (tertiary alicyclic amines) is 1. The van der Waals surface area contributed by atoms with E-state index < -0.39 is 39.1 Å². The van der Waals surface area contributed by atoms with Gasteiger partial charge >= 0.3 is 5.97 Å². The first-order valence-electron chi connectivity index (χ1n) is 13.9. The molecule has 9 nitrogen and oxygen atoms in total. The van der Waals surface area contributed by atoms with Crippen LogP contribution in [0.5, 0.6) is 0 Å². The molecule has 1 N–H and O–H groups in total. The topological polar surface area (TPSA) is 119 Å². The number of cyclic esters (lactones) is 1. The predicted molar refractivity (Wildman–Crippen MR) is 149 cm³/mol. The minimum Gasteiger partial charge on any atom is -0.462 e. The molecule has 218 valence electrons. The molecule has 2 aliphatic heterocycles. The van der Waals surface area contributed by atoms with Crippen molar-refractivity contribution >= 4 is 21.7 Å². The molecule has 11 heteroatoms. The number of carbonyl (C=O) groups excluding carboxylic acids is 2. The molecule has 5 rings (SSSR count). The lowest BCUT2D eigenvalue weighted by atomic mass is 10.0. The van der Waals surface area contributed by atoms with Crippen molar-refractivity contribution in [1.29, 1.82) is 0 Å². The summed E-state index contributed by atoms with van der Waals surface area (Å²) in [5.74, 6) is -0.889. The molecule has 0 radical (unpaired) electrons. The van der Waals surface area contributed by atoms with Gasteiger partial charge in [-0.05, 0) is 48.7 Å². The Bertz CT molecular complexity index is 1520. The van der Waals surface area contributed by atoms with Crippen molar-refractivity contribution in [2.75, 3.05) is 13.1 Å². The van der Waals surface area contributed by atoms with E-state index in [0.29, 0.717) is 42.9 Å². The average Bonchev–Trinajstić information content (AvgIpc) is 3.58. The third-order valence-electron chi connectivity index (χ3n) is 7.71. The maximum Gasteiger partial charge on any atom is 0.308 e. The fourth-order valence-electron chi connectivity index (χ4n) is 5.68. The zero-order valence-electron chi connectivity index (χ0n) is 23.1. The van der Waals surface area contributed by atoms with Crippen LogP contribution in [0, 0.1) is 5.82 Å². The van der Waals surface area contributed by atoms with Gasteiger partial charge in [-0.2, -0.15) is 0 Å². The fraction of sp³-hybridized carbons (Fsp3) is 0.433. The number of rotatable bonds is 8. The maximum absolute atomic E-state index is 13.9. The number of amides is 1. The third-order valence-corrected chi connectivity index (χ3v) is 9.90. The molecule has 1 amide bonds. The molecule has 2 aliphatic rings. The average molecular weight is 584 g/mol. The standard InChI is InChI=1S/C30H34FN3O6S/c1-19(2)28-27(30(37)33-14-13-25(18-33)41(38,39)24-6-4-3-5-7-24)32-29(20-8-10-21(31)11-9-20)34(28)15-12-23-16-22(35)17-26(36)40-23/h3-11,19,22-23,25,35H,12-18H2,1-2H3/t22-,23-,25?/m1/s1. The highest BCUT2D eigenvalue weighted by molar-refractivity contribution is 7.92. The number of aromatic nitrogens is 2. The van der Waals surface area contributed by atoms with Gasteiger partial charge in [0.2, 0.25) is 0 Å². The Morgan fingerprint density at radius 3 is 2.51 bits per heavy atom. The van der Waals surface area contributed by atoms with Crippen LogP contribution in [0.3, 0.4) is 0 Å². The summed E-state index contributed by atoms with van der Waals surface area (Å²) in [5.41, 5.74) is 1.49. The van der Waals surface area contributed by atoms with Crippen LogP contribution in [0.4, 0.5) is 4.39 Å². The van der Waals surface area contributed by atoms with Gasteiger partial charge in [-0.1, -0.05) is 32.0 Å². The highest BCUT2D eigenvalue weighted by Gasteiger charge is 2.38. The van der Waals surface area contributed by atoms with Crippen molar-refractivity contribution in [1.82, 2.24) is 14.5 Å². The van der Waals surface area contributed by atoms with Gasteiger partial charge < -0.3 is 19.3 Å². The first-order valence-corrected chi connectivity index (χ1v) is 15.4. The number of aliphatic hydroxyl groups excluding tert-OH is 1. The second kappa shape index (κ2) is 11.7. The van der Waals surface area contributed by atoms with Crippen molar-refractivity contribution in [2.24, 2.45) is 0 Å². The van der Waals surface area contributed by atoms with Crippen LogP contribution in [0.25, 0.3) is 11.4 Å². The Labute approximate surface area is 238 Å². The van der Waals surface area contributed by atoms with E-state index in [1.54, 1.807) is 42.5 Å². The quantitative estimate of drug-likeness (QED) is 0.399. The van der Waals surface area contributed by atoms with E-state index in [1.165, 1.54) is 17.0 Å². The van der Waals surface area contributed by atoms with Gasteiger partial charge in [-0.25, -0.2) is 17.8 Å². The van der Waals surface area contributed by atoms with Gasteiger partial charge in [0.15, 0.2) is 15.5 Å². The molecule has 3 heterocycles. The summed E-state index contributed by atoms with van der Waals surface area (Å²) < 4.78 is 47.5. The molecule has 2 saturated heterocycles. The lowest BCUT2D eigenvalue weighted by molar-refractivity contribution is -0.160. The van der Waals surface area contributed by atoms with E-state index in [9.17, 15) is 27.5 Å². The number of hydrogen-bond acceptors (Lipinski definition) is 7. The summed E-state index contributed by atoms with van der Waals surface area (Å²) in [4.78, 5) is 32.3. The summed E-state index contributed by atoms with van der Waals surface area (Å²) in [6, 6.07) is 14.1. The summed E-state index contributed by atoms with van der Waals surface area (Å²) in [6.07, 6.45) is -0.258. The molecule has 0 aliphatic carbocycles. The Morgan fingerprint density at radius 2 is 1.85 bits per heavy atom. The van der Waals surface area contributed by atoms with Crippen LogP contribution in [0.15, 0.2) is 59.5 Å². The van der Waals surface area contributed by atoms with E-state index in [4.69, 9.17) is 9.72 Å². The summed E-state index contributed by atoms with van der Waals surface area (Å²) in [6.45, 7) is 4.56. The molecule has 41 heavy (non-hydrogen) atoms. The molecule has 0 saturated carbocycles. The number of esters is 1. The van der Waals surface area contributed by atoms with Crippen molar-refractivity contribution in [2.45, 2.75) is 74.3 Å². The maximum atomic E-state index is 13.9. The molecule has 2 aromatic carbocycles. The van der Waals surface area contributed by atoms with Crippen LogP contribution < -0.4 is 0 Å².